The van der Waals surface area contributed by atoms with Crippen LogP contribution in [0.15, 0.2) is 24.3 Å². The van der Waals surface area contributed by atoms with Crippen molar-refractivity contribution in [3.63, 3.8) is 0 Å². The van der Waals surface area contributed by atoms with E-state index in [4.69, 9.17) is 0 Å². The highest BCUT2D eigenvalue weighted by atomic mass is 16.4. The van der Waals surface area contributed by atoms with Gasteiger partial charge in [0.2, 0.25) is 0 Å². The van der Waals surface area contributed by atoms with E-state index in [1.54, 1.807) is 15.9 Å². The smallest absolute Gasteiger partial charge is 0.324 e. The predicted molar refractivity (Wildman–Crippen MR) is 74.0 cm³/mol. The summed E-state index contributed by atoms with van der Waals surface area (Å²) >= 11 is 0. The van der Waals surface area contributed by atoms with Crippen LogP contribution in [0.25, 0.3) is 0 Å². The van der Waals surface area contributed by atoms with Crippen molar-refractivity contribution in [2.75, 3.05) is 37.6 Å². The summed E-state index contributed by atoms with van der Waals surface area (Å²) in [6.45, 7) is 3.11. The van der Waals surface area contributed by atoms with E-state index in [9.17, 15) is 14.7 Å². The second-order valence-corrected chi connectivity index (χ2v) is 5.08. The van der Waals surface area contributed by atoms with Gasteiger partial charge >= 0.3 is 12.0 Å². The molecule has 0 aromatic heterocycles. The lowest BCUT2D eigenvalue weighted by Gasteiger charge is -2.31. The van der Waals surface area contributed by atoms with Gasteiger partial charge in [0.05, 0.1) is 0 Å². The van der Waals surface area contributed by atoms with Gasteiger partial charge in [0.15, 0.2) is 0 Å². The number of piperazine rings is 1. The average Bonchev–Trinajstić information content (AvgIpc) is 2.87. The molecule has 1 aromatic carbocycles. The third-order valence-electron chi connectivity index (χ3n) is 3.88. The topological polar surface area (TPSA) is 72.9 Å². The van der Waals surface area contributed by atoms with E-state index in [0.29, 0.717) is 13.1 Å². The van der Waals surface area contributed by atoms with Crippen LogP contribution in [0.3, 0.4) is 0 Å². The summed E-state index contributed by atoms with van der Waals surface area (Å²) in [5.41, 5.74) is 1.45. The molecule has 2 N–H and O–H groups in total. The van der Waals surface area contributed by atoms with Crippen LogP contribution < -0.4 is 10.2 Å². The molecule has 0 radical (unpaired) electrons. The van der Waals surface area contributed by atoms with Crippen molar-refractivity contribution in [2.45, 2.75) is 5.92 Å². The summed E-state index contributed by atoms with van der Waals surface area (Å²) in [6.07, 6.45) is 0. The molecular formula is C14H17N3O3. The Morgan fingerprint density at radius 1 is 1.20 bits per heavy atom. The summed E-state index contributed by atoms with van der Waals surface area (Å²) in [5, 5.41) is 12.5. The first-order valence-electron chi connectivity index (χ1n) is 6.77. The number of aliphatic carboxylic acids is 1. The van der Waals surface area contributed by atoms with Crippen LogP contribution in [0.4, 0.5) is 10.5 Å². The zero-order chi connectivity index (χ0) is 14.1. The van der Waals surface area contributed by atoms with Gasteiger partial charge < -0.3 is 15.3 Å². The molecule has 2 amide bonds. The van der Waals surface area contributed by atoms with E-state index in [0.717, 1.165) is 24.3 Å². The third-order valence-corrected chi connectivity index (χ3v) is 3.88. The standard InChI is InChI=1S/C14H17N3O3/c18-13(19)11-9-17(12-4-2-1-3-10(11)12)14(20)16-7-5-15-6-8-16/h1-4,11,15H,5-9H2,(H,18,19). The van der Waals surface area contributed by atoms with Crippen LogP contribution in [-0.2, 0) is 4.79 Å². The summed E-state index contributed by atoms with van der Waals surface area (Å²) in [5.74, 6) is -1.51. The lowest BCUT2D eigenvalue weighted by molar-refractivity contribution is -0.138. The van der Waals surface area contributed by atoms with Crippen molar-refractivity contribution < 1.29 is 14.7 Å². The number of anilines is 1. The molecule has 1 fully saturated rings. The Balaban J connectivity index is 1.87. The second-order valence-electron chi connectivity index (χ2n) is 5.08. The second kappa shape index (κ2) is 5.13. The first-order chi connectivity index (χ1) is 9.68. The molecule has 0 aliphatic carbocycles. The van der Waals surface area contributed by atoms with E-state index < -0.39 is 11.9 Å². The summed E-state index contributed by atoms with van der Waals surface area (Å²) in [4.78, 5) is 27.3. The van der Waals surface area contributed by atoms with Gasteiger partial charge in [-0.25, -0.2) is 4.79 Å². The van der Waals surface area contributed by atoms with Crippen molar-refractivity contribution in [3.8, 4) is 0 Å². The van der Waals surface area contributed by atoms with Gasteiger partial charge in [-0.05, 0) is 11.6 Å². The number of hydrogen-bond acceptors (Lipinski definition) is 3. The summed E-state index contributed by atoms with van der Waals surface area (Å²) < 4.78 is 0. The molecule has 1 unspecified atom stereocenters. The number of carboxylic acids is 1. The molecular weight excluding hydrogens is 258 g/mol. The Bertz CT molecular complexity index is 540. The first-order valence-corrected chi connectivity index (χ1v) is 6.77. The molecule has 3 rings (SSSR count). The Hall–Kier alpha value is -2.08. The SMILES string of the molecule is O=C(O)C1CN(C(=O)N2CCNCC2)c2ccccc21. The lowest BCUT2D eigenvalue weighted by atomic mass is 10.0. The van der Waals surface area contributed by atoms with Crippen LogP contribution in [0.1, 0.15) is 11.5 Å². The monoisotopic (exact) mass is 275 g/mol. The van der Waals surface area contributed by atoms with Crippen LogP contribution >= 0.6 is 0 Å². The van der Waals surface area contributed by atoms with Crippen molar-refractivity contribution in [1.29, 1.82) is 0 Å². The lowest BCUT2D eigenvalue weighted by Crippen LogP contribution is -2.51. The molecule has 1 aromatic rings. The minimum Gasteiger partial charge on any atom is -0.481 e. The number of carboxylic acid groups (broad SMARTS) is 1. The van der Waals surface area contributed by atoms with Gasteiger partial charge in [0.25, 0.3) is 0 Å². The van der Waals surface area contributed by atoms with Gasteiger partial charge in [0, 0.05) is 38.4 Å². The number of carbonyl (C=O) groups is 2. The fourth-order valence-corrected chi connectivity index (χ4v) is 2.83. The predicted octanol–water partition coefficient (Wildman–Crippen LogP) is 0.700. The molecule has 2 aliphatic heterocycles. The molecule has 1 saturated heterocycles. The maximum Gasteiger partial charge on any atom is 0.324 e. The Morgan fingerprint density at radius 3 is 2.60 bits per heavy atom. The highest BCUT2D eigenvalue weighted by Gasteiger charge is 2.37. The quantitative estimate of drug-likeness (QED) is 0.791. The molecule has 106 valence electrons. The molecule has 20 heavy (non-hydrogen) atoms. The molecule has 0 bridgehead atoms. The Labute approximate surface area is 117 Å². The molecule has 2 aliphatic rings. The van der Waals surface area contributed by atoms with E-state index in [2.05, 4.69) is 5.32 Å². The number of hydrogen-bond donors (Lipinski definition) is 2. The molecule has 2 heterocycles. The minimum absolute atomic E-state index is 0.0947. The van der Waals surface area contributed by atoms with Crippen molar-refractivity contribution in [3.05, 3.63) is 29.8 Å². The average molecular weight is 275 g/mol. The highest BCUT2D eigenvalue weighted by Crippen LogP contribution is 2.36. The number of para-hydroxylation sites is 1. The third kappa shape index (κ3) is 2.12. The van der Waals surface area contributed by atoms with Gasteiger partial charge in [0.1, 0.15) is 5.92 Å². The largest absolute Gasteiger partial charge is 0.481 e. The molecule has 6 nitrogen and oxygen atoms in total. The van der Waals surface area contributed by atoms with E-state index in [1.807, 2.05) is 18.2 Å². The number of fused-ring (bicyclic) bond motifs is 1. The summed E-state index contributed by atoms with van der Waals surface area (Å²) in [6, 6.07) is 7.16. The molecule has 6 heteroatoms. The zero-order valence-corrected chi connectivity index (χ0v) is 11.1. The maximum absolute atomic E-state index is 12.6. The minimum atomic E-state index is -0.881. The van der Waals surface area contributed by atoms with Gasteiger partial charge in [-0.2, -0.15) is 0 Å². The van der Waals surface area contributed by atoms with E-state index in [1.165, 1.54) is 0 Å². The summed E-state index contributed by atoms with van der Waals surface area (Å²) in [7, 11) is 0. The van der Waals surface area contributed by atoms with Crippen LogP contribution in [0.5, 0.6) is 0 Å². The fourth-order valence-electron chi connectivity index (χ4n) is 2.83. The van der Waals surface area contributed by atoms with Gasteiger partial charge in [-0.15, -0.1) is 0 Å². The normalized spacial score (nSPS) is 21.7. The Morgan fingerprint density at radius 2 is 1.90 bits per heavy atom. The number of nitrogens with zero attached hydrogens (tertiary/aromatic N) is 2. The van der Waals surface area contributed by atoms with Crippen molar-refractivity contribution >= 4 is 17.7 Å². The first kappa shape index (κ1) is 12.9. The van der Waals surface area contributed by atoms with Crippen LogP contribution in [-0.4, -0.2) is 54.7 Å². The number of amides is 2. The number of benzene rings is 1. The highest BCUT2D eigenvalue weighted by molar-refractivity contribution is 5.98. The van der Waals surface area contributed by atoms with Crippen LogP contribution in [0.2, 0.25) is 0 Å². The Kier molecular flexibility index (Phi) is 3.31. The number of carbonyl (C=O) groups excluding carboxylic acids is 1. The molecule has 0 saturated carbocycles. The number of rotatable bonds is 1. The number of nitrogens with one attached hydrogen (secondary N) is 1. The fraction of sp³-hybridized carbons (Fsp3) is 0.429. The van der Waals surface area contributed by atoms with Crippen molar-refractivity contribution in [1.82, 2.24) is 10.2 Å². The number of urea groups is 1. The molecule has 1 atom stereocenters. The van der Waals surface area contributed by atoms with E-state index in [-0.39, 0.29) is 12.6 Å². The van der Waals surface area contributed by atoms with E-state index >= 15 is 0 Å². The van der Waals surface area contributed by atoms with Crippen LogP contribution in [0, 0.1) is 0 Å². The zero-order valence-electron chi connectivity index (χ0n) is 11.1. The van der Waals surface area contributed by atoms with Gasteiger partial charge in [-0.1, -0.05) is 18.2 Å². The van der Waals surface area contributed by atoms with Crippen molar-refractivity contribution in [2.24, 2.45) is 0 Å². The maximum atomic E-state index is 12.6. The molecule has 0 spiro atoms. The van der Waals surface area contributed by atoms with Gasteiger partial charge in [-0.3, -0.25) is 9.69 Å².